The Kier molecular flexibility index (Phi) is 4.23. The second kappa shape index (κ2) is 4.41. The zero-order valence-corrected chi connectivity index (χ0v) is 6.89. The van der Waals surface area contributed by atoms with Gasteiger partial charge in [-0.1, -0.05) is 6.92 Å². The molecule has 2 N–H and O–H groups in total. The van der Waals surface area contributed by atoms with E-state index >= 15 is 0 Å². The summed E-state index contributed by atoms with van der Waals surface area (Å²) in [7, 11) is 1.84. The highest BCUT2D eigenvalue weighted by atomic mass is 16.3. The molecular weight excluding hydrogens is 128 g/mol. The predicted octanol–water partition coefficient (Wildman–Crippen LogP) is 0.686. The summed E-state index contributed by atoms with van der Waals surface area (Å²) in [4.78, 5) is 1.80. The topological polar surface area (TPSA) is 47.3 Å². The molecule has 0 radical (unpaired) electrons. The lowest BCUT2D eigenvalue weighted by Gasteiger charge is -2.20. The monoisotopic (exact) mass is 144 g/mol. The first-order valence-corrected chi connectivity index (χ1v) is 3.50. The quantitative estimate of drug-likeness (QED) is 0.450. The van der Waals surface area contributed by atoms with Crippen LogP contribution in [0, 0.1) is 5.41 Å². The lowest BCUT2D eigenvalue weighted by Crippen LogP contribution is -2.32. The summed E-state index contributed by atoms with van der Waals surface area (Å²) in [5, 5.41) is 16.4. The van der Waals surface area contributed by atoms with Gasteiger partial charge >= 0.3 is 0 Å². The number of hydrogen-bond donors (Lipinski definition) is 2. The van der Waals surface area contributed by atoms with Crippen molar-refractivity contribution in [3.63, 3.8) is 0 Å². The fourth-order valence-corrected chi connectivity index (χ4v) is 0.640. The molecule has 0 spiro atoms. The average molecular weight is 144 g/mol. The minimum Gasteiger partial charge on any atom is -0.378 e. The van der Waals surface area contributed by atoms with E-state index in [9.17, 15) is 5.11 Å². The van der Waals surface area contributed by atoms with Gasteiger partial charge in [0.2, 0.25) is 0 Å². The van der Waals surface area contributed by atoms with Crippen molar-refractivity contribution in [2.45, 2.75) is 26.5 Å². The van der Waals surface area contributed by atoms with E-state index in [2.05, 4.69) is 0 Å². The maximum atomic E-state index is 9.27. The van der Waals surface area contributed by atoms with Crippen molar-refractivity contribution < 1.29 is 5.11 Å². The fourth-order valence-electron chi connectivity index (χ4n) is 0.640. The van der Waals surface area contributed by atoms with Crippen LogP contribution >= 0.6 is 0 Å². The number of nitrogens with one attached hydrogen (secondary N) is 1. The molecule has 0 rings (SSSR count). The summed E-state index contributed by atoms with van der Waals surface area (Å²) in [6.07, 6.45) is -0.0350. The molecule has 0 fully saturated rings. The standard InChI is InChI=1S/C7H16N2O/c1-4-9(3)7(10)5-6(2)8/h7-8,10H,4-5H2,1-3H3. The first-order valence-electron chi connectivity index (χ1n) is 3.50. The van der Waals surface area contributed by atoms with Crippen LogP contribution in [0.4, 0.5) is 0 Å². The molecule has 0 aromatic rings. The Hall–Kier alpha value is -0.410. The Balaban J connectivity index is 3.61. The molecular formula is C7H16N2O. The summed E-state index contributed by atoms with van der Waals surface area (Å²) in [6.45, 7) is 4.49. The molecule has 0 saturated heterocycles. The van der Waals surface area contributed by atoms with Gasteiger partial charge in [-0.25, -0.2) is 0 Å². The Morgan fingerprint density at radius 1 is 1.70 bits per heavy atom. The van der Waals surface area contributed by atoms with Gasteiger partial charge in [0, 0.05) is 12.1 Å². The Labute approximate surface area is 62.2 Å². The minimum atomic E-state index is -0.484. The third kappa shape index (κ3) is 3.58. The van der Waals surface area contributed by atoms with Gasteiger partial charge < -0.3 is 10.5 Å². The molecule has 1 unspecified atom stereocenters. The SMILES string of the molecule is CCN(C)C(O)CC(C)=N. The third-order valence-corrected chi connectivity index (χ3v) is 1.50. The summed E-state index contributed by atoms with van der Waals surface area (Å²) < 4.78 is 0. The maximum absolute atomic E-state index is 9.27. The van der Waals surface area contributed by atoms with Crippen LogP contribution in [0.3, 0.4) is 0 Å². The maximum Gasteiger partial charge on any atom is 0.112 e. The molecule has 0 aromatic heterocycles. The Morgan fingerprint density at radius 2 is 2.20 bits per heavy atom. The van der Waals surface area contributed by atoms with Gasteiger partial charge in [0.25, 0.3) is 0 Å². The van der Waals surface area contributed by atoms with Crippen molar-refractivity contribution in [3.8, 4) is 0 Å². The number of nitrogens with zero attached hydrogens (tertiary/aromatic N) is 1. The molecule has 0 amide bonds. The van der Waals surface area contributed by atoms with Gasteiger partial charge in [-0.3, -0.25) is 4.90 Å². The molecule has 0 aliphatic carbocycles. The van der Waals surface area contributed by atoms with Gasteiger partial charge in [-0.05, 0) is 20.5 Å². The Bertz CT molecular complexity index is 114. The number of aliphatic hydroxyl groups is 1. The van der Waals surface area contributed by atoms with Crippen LogP contribution in [-0.2, 0) is 0 Å². The summed E-state index contributed by atoms with van der Waals surface area (Å²) in [6, 6.07) is 0. The first kappa shape index (κ1) is 9.59. The second-order valence-corrected chi connectivity index (χ2v) is 2.54. The molecule has 0 heterocycles. The molecule has 3 nitrogen and oxygen atoms in total. The van der Waals surface area contributed by atoms with Crippen molar-refractivity contribution in [2.24, 2.45) is 0 Å². The molecule has 0 aliphatic rings. The Morgan fingerprint density at radius 3 is 2.50 bits per heavy atom. The van der Waals surface area contributed by atoms with Crippen LogP contribution < -0.4 is 0 Å². The van der Waals surface area contributed by atoms with Crippen molar-refractivity contribution >= 4 is 5.71 Å². The molecule has 0 aromatic carbocycles. The highest BCUT2D eigenvalue weighted by Crippen LogP contribution is 1.97. The number of rotatable bonds is 4. The lowest BCUT2D eigenvalue weighted by atomic mass is 10.2. The summed E-state index contributed by atoms with van der Waals surface area (Å²) in [5.74, 6) is 0. The smallest absolute Gasteiger partial charge is 0.112 e. The van der Waals surface area contributed by atoms with Crippen LogP contribution in [0.5, 0.6) is 0 Å². The van der Waals surface area contributed by atoms with E-state index in [4.69, 9.17) is 5.41 Å². The average Bonchev–Trinajstić information content (AvgIpc) is 1.85. The van der Waals surface area contributed by atoms with Gasteiger partial charge in [-0.15, -0.1) is 0 Å². The van der Waals surface area contributed by atoms with Crippen LogP contribution in [0.15, 0.2) is 0 Å². The molecule has 3 heteroatoms. The highest BCUT2D eigenvalue weighted by molar-refractivity contribution is 5.78. The van der Waals surface area contributed by atoms with Crippen LogP contribution in [0.1, 0.15) is 20.3 Å². The van der Waals surface area contributed by atoms with E-state index in [1.165, 1.54) is 0 Å². The normalized spacial score (nSPS) is 13.7. The summed E-state index contributed by atoms with van der Waals surface area (Å²) in [5.41, 5.74) is 0.521. The van der Waals surface area contributed by atoms with Gasteiger partial charge in [0.15, 0.2) is 0 Å². The summed E-state index contributed by atoms with van der Waals surface area (Å²) >= 11 is 0. The van der Waals surface area contributed by atoms with E-state index in [0.717, 1.165) is 6.54 Å². The van der Waals surface area contributed by atoms with Crippen molar-refractivity contribution in [1.82, 2.24) is 4.90 Å². The van der Waals surface area contributed by atoms with E-state index in [0.29, 0.717) is 12.1 Å². The molecule has 0 aliphatic heterocycles. The third-order valence-electron chi connectivity index (χ3n) is 1.50. The largest absolute Gasteiger partial charge is 0.378 e. The lowest BCUT2D eigenvalue weighted by molar-refractivity contribution is 0.0322. The van der Waals surface area contributed by atoms with E-state index in [1.54, 1.807) is 11.8 Å². The molecule has 60 valence electrons. The van der Waals surface area contributed by atoms with Crippen LogP contribution in [0.25, 0.3) is 0 Å². The number of aliphatic hydroxyl groups excluding tert-OH is 1. The number of hydrogen-bond acceptors (Lipinski definition) is 3. The van der Waals surface area contributed by atoms with Crippen molar-refractivity contribution in [3.05, 3.63) is 0 Å². The van der Waals surface area contributed by atoms with Gasteiger partial charge in [-0.2, -0.15) is 0 Å². The van der Waals surface area contributed by atoms with Crippen LogP contribution in [-0.4, -0.2) is 35.5 Å². The molecule has 10 heavy (non-hydrogen) atoms. The fraction of sp³-hybridized carbons (Fsp3) is 0.857. The molecule has 0 bridgehead atoms. The van der Waals surface area contributed by atoms with Crippen molar-refractivity contribution in [1.29, 1.82) is 5.41 Å². The molecule has 0 saturated carbocycles. The predicted molar refractivity (Wildman–Crippen MR) is 42.3 cm³/mol. The van der Waals surface area contributed by atoms with E-state index < -0.39 is 6.23 Å². The van der Waals surface area contributed by atoms with Gasteiger partial charge in [0.1, 0.15) is 6.23 Å². The molecule has 1 atom stereocenters. The van der Waals surface area contributed by atoms with E-state index in [-0.39, 0.29) is 0 Å². The zero-order valence-electron chi connectivity index (χ0n) is 6.89. The second-order valence-electron chi connectivity index (χ2n) is 2.54. The first-order chi connectivity index (χ1) is 4.57. The van der Waals surface area contributed by atoms with Crippen molar-refractivity contribution in [2.75, 3.05) is 13.6 Å². The highest BCUT2D eigenvalue weighted by Gasteiger charge is 2.08. The van der Waals surface area contributed by atoms with Gasteiger partial charge in [0.05, 0.1) is 0 Å². The minimum absolute atomic E-state index is 0.449. The zero-order chi connectivity index (χ0) is 8.15. The van der Waals surface area contributed by atoms with E-state index in [1.807, 2.05) is 14.0 Å². The van der Waals surface area contributed by atoms with Crippen LogP contribution in [0.2, 0.25) is 0 Å².